The normalized spacial score (nSPS) is 13.1. The predicted molar refractivity (Wildman–Crippen MR) is 68.9 cm³/mol. The number of hydrogen-bond acceptors (Lipinski definition) is 2. The highest BCUT2D eigenvalue weighted by Gasteiger charge is 2.14. The summed E-state index contributed by atoms with van der Waals surface area (Å²) in [7, 11) is 0. The number of phenols is 1. The molecule has 0 bridgehead atoms. The van der Waals surface area contributed by atoms with Crippen LogP contribution >= 0.6 is 11.6 Å². The van der Waals surface area contributed by atoms with Gasteiger partial charge in [-0.05, 0) is 43.4 Å². The molecule has 0 heterocycles. The van der Waals surface area contributed by atoms with E-state index >= 15 is 0 Å². The maximum absolute atomic E-state index is 9.92. The van der Waals surface area contributed by atoms with Crippen LogP contribution in [0.3, 0.4) is 0 Å². The first-order valence-corrected chi connectivity index (χ1v) is 6.04. The molecule has 90 valence electrons. The molecule has 2 nitrogen and oxygen atoms in total. The summed E-state index contributed by atoms with van der Waals surface area (Å²) >= 11 is 5.96. The van der Waals surface area contributed by atoms with Crippen molar-refractivity contribution in [1.29, 1.82) is 0 Å². The fourth-order valence-electron chi connectivity index (χ4n) is 1.71. The zero-order chi connectivity index (χ0) is 12.3. The Bertz CT molecular complexity index is 363. The minimum atomic E-state index is -0.139. The topological polar surface area (TPSA) is 46.2 Å². The minimum absolute atomic E-state index is 0.139. The monoisotopic (exact) mass is 241 g/mol. The molecule has 0 aliphatic heterocycles. The van der Waals surface area contributed by atoms with Gasteiger partial charge in [0.05, 0.1) is 0 Å². The summed E-state index contributed by atoms with van der Waals surface area (Å²) in [6.07, 6.45) is 1.91. The zero-order valence-electron chi connectivity index (χ0n) is 10.1. The number of nitrogens with two attached hydrogens (primary N) is 1. The van der Waals surface area contributed by atoms with Gasteiger partial charge < -0.3 is 10.8 Å². The average Bonchev–Trinajstić information content (AvgIpc) is 2.19. The van der Waals surface area contributed by atoms with Gasteiger partial charge in [-0.1, -0.05) is 25.4 Å². The summed E-state index contributed by atoms with van der Waals surface area (Å²) in [6.45, 7) is 6.16. The Morgan fingerprint density at radius 2 is 1.94 bits per heavy atom. The maximum Gasteiger partial charge on any atom is 0.123 e. The molecule has 0 saturated carbocycles. The van der Waals surface area contributed by atoms with Crippen LogP contribution in [0, 0.1) is 12.8 Å². The maximum atomic E-state index is 9.92. The Morgan fingerprint density at radius 3 is 2.50 bits per heavy atom. The SMILES string of the molecule is Cc1cc(Cl)cc([C@H](N)CCC(C)C)c1O. The minimum Gasteiger partial charge on any atom is -0.507 e. The van der Waals surface area contributed by atoms with E-state index < -0.39 is 0 Å². The lowest BCUT2D eigenvalue weighted by molar-refractivity contribution is 0.445. The van der Waals surface area contributed by atoms with Crippen LogP contribution in [0.4, 0.5) is 0 Å². The molecule has 0 unspecified atom stereocenters. The quantitative estimate of drug-likeness (QED) is 0.843. The van der Waals surface area contributed by atoms with Crippen molar-refractivity contribution in [3.8, 4) is 5.75 Å². The Balaban J connectivity index is 2.86. The van der Waals surface area contributed by atoms with Gasteiger partial charge in [-0.25, -0.2) is 0 Å². The molecule has 0 radical (unpaired) electrons. The van der Waals surface area contributed by atoms with Crippen LogP contribution in [0.5, 0.6) is 5.75 Å². The number of halogens is 1. The molecule has 1 atom stereocenters. The molecule has 1 aromatic carbocycles. The van der Waals surface area contributed by atoms with Gasteiger partial charge in [0, 0.05) is 16.6 Å². The van der Waals surface area contributed by atoms with Gasteiger partial charge in [-0.3, -0.25) is 0 Å². The molecule has 3 N–H and O–H groups in total. The molecule has 0 spiro atoms. The van der Waals surface area contributed by atoms with Crippen LogP contribution in [0.1, 0.15) is 43.9 Å². The fraction of sp³-hybridized carbons (Fsp3) is 0.538. The van der Waals surface area contributed by atoms with E-state index in [9.17, 15) is 5.11 Å². The second-order valence-electron chi connectivity index (χ2n) is 4.74. The van der Waals surface area contributed by atoms with E-state index in [-0.39, 0.29) is 11.8 Å². The van der Waals surface area contributed by atoms with Crippen molar-refractivity contribution < 1.29 is 5.11 Å². The average molecular weight is 242 g/mol. The van der Waals surface area contributed by atoms with Crippen LogP contribution in [0.2, 0.25) is 5.02 Å². The third-order valence-corrected chi connectivity index (χ3v) is 2.97. The summed E-state index contributed by atoms with van der Waals surface area (Å²) in [4.78, 5) is 0. The van der Waals surface area contributed by atoms with Crippen molar-refractivity contribution in [2.45, 2.75) is 39.7 Å². The van der Waals surface area contributed by atoms with Gasteiger partial charge in [-0.2, -0.15) is 0 Å². The van der Waals surface area contributed by atoms with Gasteiger partial charge in [0.25, 0.3) is 0 Å². The van der Waals surface area contributed by atoms with Gasteiger partial charge in [-0.15, -0.1) is 0 Å². The Kier molecular flexibility index (Phi) is 4.63. The van der Waals surface area contributed by atoms with E-state index in [4.69, 9.17) is 17.3 Å². The molecule has 0 aromatic heterocycles. The third-order valence-electron chi connectivity index (χ3n) is 2.75. The summed E-state index contributed by atoms with van der Waals surface area (Å²) in [5.41, 5.74) is 7.60. The lowest BCUT2D eigenvalue weighted by atomic mass is 9.96. The molecular weight excluding hydrogens is 222 g/mol. The molecular formula is C13H20ClNO. The van der Waals surface area contributed by atoms with Crippen LogP contribution < -0.4 is 5.73 Å². The van der Waals surface area contributed by atoms with Crippen molar-refractivity contribution in [3.63, 3.8) is 0 Å². The van der Waals surface area contributed by atoms with Gasteiger partial charge in [0.2, 0.25) is 0 Å². The summed E-state index contributed by atoms with van der Waals surface area (Å²) in [6, 6.07) is 3.37. The number of benzene rings is 1. The van der Waals surface area contributed by atoms with Crippen molar-refractivity contribution in [2.75, 3.05) is 0 Å². The van der Waals surface area contributed by atoms with Crippen LogP contribution in [-0.4, -0.2) is 5.11 Å². The van der Waals surface area contributed by atoms with Crippen LogP contribution in [0.25, 0.3) is 0 Å². The van der Waals surface area contributed by atoms with Crippen LogP contribution in [0.15, 0.2) is 12.1 Å². The first-order valence-electron chi connectivity index (χ1n) is 5.66. The van der Waals surface area contributed by atoms with E-state index in [2.05, 4.69) is 13.8 Å². The largest absolute Gasteiger partial charge is 0.507 e. The molecule has 16 heavy (non-hydrogen) atoms. The third kappa shape index (κ3) is 3.39. The zero-order valence-corrected chi connectivity index (χ0v) is 10.9. The highest BCUT2D eigenvalue weighted by atomic mass is 35.5. The van der Waals surface area contributed by atoms with E-state index in [0.717, 1.165) is 24.0 Å². The smallest absolute Gasteiger partial charge is 0.123 e. The molecule has 1 rings (SSSR count). The Hall–Kier alpha value is -0.730. The molecule has 0 fully saturated rings. The number of hydrogen-bond donors (Lipinski definition) is 2. The summed E-state index contributed by atoms with van der Waals surface area (Å²) in [5, 5.41) is 10.5. The number of aromatic hydroxyl groups is 1. The van der Waals surface area contributed by atoms with E-state index in [1.807, 2.05) is 6.92 Å². The van der Waals surface area contributed by atoms with Crippen molar-refractivity contribution in [1.82, 2.24) is 0 Å². The highest BCUT2D eigenvalue weighted by Crippen LogP contribution is 2.32. The summed E-state index contributed by atoms with van der Waals surface area (Å²) in [5.74, 6) is 0.897. The van der Waals surface area contributed by atoms with Crippen molar-refractivity contribution >= 4 is 11.6 Å². The van der Waals surface area contributed by atoms with E-state index in [1.54, 1.807) is 12.1 Å². The lowest BCUT2D eigenvalue weighted by Crippen LogP contribution is -2.11. The van der Waals surface area contributed by atoms with Gasteiger partial charge >= 0.3 is 0 Å². The number of aryl methyl sites for hydroxylation is 1. The molecule has 0 aliphatic rings. The number of phenolic OH excluding ortho intramolecular Hbond substituents is 1. The lowest BCUT2D eigenvalue weighted by Gasteiger charge is -2.16. The van der Waals surface area contributed by atoms with Crippen molar-refractivity contribution in [3.05, 3.63) is 28.3 Å². The number of rotatable bonds is 4. The molecule has 0 amide bonds. The molecule has 0 saturated heterocycles. The first-order chi connectivity index (χ1) is 7.41. The van der Waals surface area contributed by atoms with Gasteiger partial charge in [0.15, 0.2) is 0 Å². The second-order valence-corrected chi connectivity index (χ2v) is 5.17. The van der Waals surface area contributed by atoms with E-state index in [1.165, 1.54) is 0 Å². The standard InChI is InChI=1S/C13H20ClNO/c1-8(2)4-5-12(15)11-7-10(14)6-9(3)13(11)16/h6-8,12,16H,4-5,15H2,1-3H3/t12-/m1/s1. The fourth-order valence-corrected chi connectivity index (χ4v) is 1.99. The molecule has 3 heteroatoms. The Labute approximate surface area is 102 Å². The van der Waals surface area contributed by atoms with Gasteiger partial charge in [0.1, 0.15) is 5.75 Å². The molecule has 1 aromatic rings. The van der Waals surface area contributed by atoms with E-state index in [0.29, 0.717) is 10.9 Å². The summed E-state index contributed by atoms with van der Waals surface area (Å²) < 4.78 is 0. The Morgan fingerprint density at radius 1 is 1.31 bits per heavy atom. The first kappa shape index (κ1) is 13.3. The van der Waals surface area contributed by atoms with Crippen molar-refractivity contribution in [2.24, 2.45) is 11.7 Å². The van der Waals surface area contributed by atoms with Crippen LogP contribution in [-0.2, 0) is 0 Å². The highest BCUT2D eigenvalue weighted by molar-refractivity contribution is 6.30. The predicted octanol–water partition coefficient (Wildman–Crippen LogP) is 3.79. The molecule has 0 aliphatic carbocycles. The second kappa shape index (κ2) is 5.55.